The van der Waals surface area contributed by atoms with E-state index in [1.807, 2.05) is 0 Å². The lowest BCUT2D eigenvalue weighted by molar-refractivity contribution is 0.0951. The zero-order valence-electron chi connectivity index (χ0n) is 12.4. The second-order valence-corrected chi connectivity index (χ2v) is 5.96. The van der Waals surface area contributed by atoms with Crippen LogP contribution in [0.15, 0.2) is 47.8 Å². The van der Waals surface area contributed by atoms with Crippen molar-refractivity contribution in [3.63, 3.8) is 0 Å². The van der Waals surface area contributed by atoms with E-state index in [1.165, 1.54) is 47.7 Å². The van der Waals surface area contributed by atoms with E-state index < -0.39 is 5.82 Å². The van der Waals surface area contributed by atoms with Gasteiger partial charge in [0.2, 0.25) is 0 Å². The minimum atomic E-state index is -0.395. The predicted molar refractivity (Wildman–Crippen MR) is 88.4 cm³/mol. The maximum absolute atomic E-state index is 12.8. The van der Waals surface area contributed by atoms with Crippen molar-refractivity contribution in [2.45, 2.75) is 6.54 Å². The summed E-state index contributed by atoms with van der Waals surface area (Å²) in [5.41, 5.74) is 1.68. The van der Waals surface area contributed by atoms with Crippen molar-refractivity contribution in [3.8, 4) is 22.8 Å². The molecule has 0 atom stereocenters. The van der Waals surface area contributed by atoms with Gasteiger partial charge in [0.05, 0.1) is 12.2 Å². The number of carbonyl (C=O) groups is 1. The lowest BCUT2D eigenvalue weighted by Gasteiger charge is -2.03. The lowest BCUT2D eigenvalue weighted by Crippen LogP contribution is -2.22. The largest absolute Gasteiger partial charge is 0.504 e. The number of phenolic OH excluding ortho intramolecular Hbond substituents is 2. The van der Waals surface area contributed by atoms with Crippen LogP contribution in [0.4, 0.5) is 4.39 Å². The van der Waals surface area contributed by atoms with Crippen LogP contribution in [0.25, 0.3) is 11.3 Å². The molecule has 0 aliphatic rings. The standard InChI is InChI=1S/C17H13FN2O3S/c18-12-4-1-10(2-5-12)17(23)19-8-16-20-13(9-24-16)11-3-6-14(21)15(22)7-11/h1-7,9,21-22H,8H2,(H,19,23). The van der Waals surface area contributed by atoms with Gasteiger partial charge >= 0.3 is 0 Å². The minimum Gasteiger partial charge on any atom is -0.504 e. The molecule has 1 heterocycles. The summed E-state index contributed by atoms with van der Waals surface area (Å²) in [5, 5.41) is 24.1. The summed E-state index contributed by atoms with van der Waals surface area (Å²) in [6, 6.07) is 9.74. The summed E-state index contributed by atoms with van der Waals surface area (Å²) in [7, 11) is 0. The molecular weight excluding hydrogens is 331 g/mol. The van der Waals surface area contributed by atoms with Gasteiger partial charge in [0.15, 0.2) is 11.5 Å². The Bertz CT molecular complexity index is 878. The molecule has 0 spiro atoms. The van der Waals surface area contributed by atoms with E-state index in [0.29, 0.717) is 21.8 Å². The van der Waals surface area contributed by atoms with Crippen LogP contribution >= 0.6 is 11.3 Å². The molecule has 3 N–H and O–H groups in total. The van der Waals surface area contributed by atoms with Crippen molar-refractivity contribution in [1.29, 1.82) is 0 Å². The van der Waals surface area contributed by atoms with E-state index in [4.69, 9.17) is 0 Å². The number of phenols is 2. The van der Waals surface area contributed by atoms with Crippen LogP contribution in [0.5, 0.6) is 11.5 Å². The number of rotatable bonds is 4. The highest BCUT2D eigenvalue weighted by Gasteiger charge is 2.10. The fourth-order valence-electron chi connectivity index (χ4n) is 2.07. The highest BCUT2D eigenvalue weighted by molar-refractivity contribution is 7.09. The number of carbonyl (C=O) groups excluding carboxylic acids is 1. The molecule has 24 heavy (non-hydrogen) atoms. The molecule has 3 rings (SSSR count). The van der Waals surface area contributed by atoms with Gasteiger partial charge in [0.1, 0.15) is 10.8 Å². The first-order valence-electron chi connectivity index (χ1n) is 7.03. The van der Waals surface area contributed by atoms with Gasteiger partial charge in [-0.2, -0.15) is 0 Å². The summed E-state index contributed by atoms with van der Waals surface area (Å²) < 4.78 is 12.8. The normalized spacial score (nSPS) is 10.5. The van der Waals surface area contributed by atoms with Crippen molar-refractivity contribution in [1.82, 2.24) is 10.3 Å². The Morgan fingerprint density at radius 3 is 2.58 bits per heavy atom. The number of hydrogen-bond donors (Lipinski definition) is 3. The molecule has 7 heteroatoms. The van der Waals surface area contributed by atoms with Crippen molar-refractivity contribution in [3.05, 3.63) is 64.2 Å². The molecule has 0 radical (unpaired) electrons. The smallest absolute Gasteiger partial charge is 0.251 e. The van der Waals surface area contributed by atoms with Crippen LogP contribution < -0.4 is 5.32 Å². The van der Waals surface area contributed by atoms with Crippen LogP contribution in [-0.2, 0) is 6.54 Å². The topological polar surface area (TPSA) is 82.5 Å². The summed E-state index contributed by atoms with van der Waals surface area (Å²) in [4.78, 5) is 16.4. The fraction of sp³-hybridized carbons (Fsp3) is 0.0588. The first-order chi connectivity index (χ1) is 11.5. The van der Waals surface area contributed by atoms with Gasteiger partial charge in [0.25, 0.3) is 5.91 Å². The number of halogens is 1. The Morgan fingerprint density at radius 1 is 1.12 bits per heavy atom. The van der Waals surface area contributed by atoms with E-state index in [2.05, 4.69) is 10.3 Å². The quantitative estimate of drug-likeness (QED) is 0.634. The monoisotopic (exact) mass is 344 g/mol. The molecule has 1 amide bonds. The van der Waals surface area contributed by atoms with Crippen molar-refractivity contribution < 1.29 is 19.4 Å². The molecule has 5 nitrogen and oxygen atoms in total. The Morgan fingerprint density at radius 2 is 1.88 bits per heavy atom. The third-order valence-electron chi connectivity index (χ3n) is 3.33. The summed E-state index contributed by atoms with van der Waals surface area (Å²) in [5.74, 6) is -1.12. The van der Waals surface area contributed by atoms with E-state index in [0.717, 1.165) is 0 Å². The highest BCUT2D eigenvalue weighted by Crippen LogP contribution is 2.30. The molecule has 0 unspecified atom stereocenters. The van der Waals surface area contributed by atoms with Crippen LogP contribution in [0.3, 0.4) is 0 Å². The maximum atomic E-state index is 12.8. The third-order valence-corrected chi connectivity index (χ3v) is 4.18. The summed E-state index contributed by atoms with van der Waals surface area (Å²) >= 11 is 1.36. The Balaban J connectivity index is 1.66. The average molecular weight is 344 g/mol. The average Bonchev–Trinajstić information content (AvgIpc) is 3.05. The van der Waals surface area contributed by atoms with Crippen molar-refractivity contribution in [2.24, 2.45) is 0 Å². The molecule has 0 saturated heterocycles. The number of benzene rings is 2. The SMILES string of the molecule is O=C(NCc1nc(-c2ccc(O)c(O)c2)cs1)c1ccc(F)cc1. The minimum absolute atomic E-state index is 0.194. The molecule has 2 aromatic carbocycles. The van der Waals surface area contributed by atoms with Gasteiger partial charge in [-0.15, -0.1) is 11.3 Å². The molecule has 0 fully saturated rings. The second kappa shape index (κ2) is 6.67. The van der Waals surface area contributed by atoms with Crippen molar-refractivity contribution in [2.75, 3.05) is 0 Å². The lowest BCUT2D eigenvalue weighted by atomic mass is 10.1. The van der Waals surface area contributed by atoms with Crippen LogP contribution in [-0.4, -0.2) is 21.1 Å². The third kappa shape index (κ3) is 3.52. The molecule has 1 aromatic heterocycles. The van der Waals surface area contributed by atoms with Gasteiger partial charge in [0, 0.05) is 16.5 Å². The molecule has 3 aromatic rings. The molecular formula is C17H13FN2O3S. The van der Waals surface area contributed by atoms with Gasteiger partial charge in [-0.25, -0.2) is 9.37 Å². The van der Waals surface area contributed by atoms with Gasteiger partial charge < -0.3 is 15.5 Å². The van der Waals surface area contributed by atoms with Gasteiger partial charge in [-0.3, -0.25) is 4.79 Å². The number of aromatic nitrogens is 1. The van der Waals surface area contributed by atoms with E-state index in [1.54, 1.807) is 11.4 Å². The highest BCUT2D eigenvalue weighted by atomic mass is 32.1. The number of nitrogens with one attached hydrogen (secondary N) is 1. The predicted octanol–water partition coefficient (Wildman–Crippen LogP) is 3.29. The molecule has 0 aliphatic heterocycles. The fourth-order valence-corrected chi connectivity index (χ4v) is 2.81. The van der Waals surface area contributed by atoms with E-state index in [9.17, 15) is 19.4 Å². The number of hydrogen-bond acceptors (Lipinski definition) is 5. The first kappa shape index (κ1) is 15.9. The molecule has 0 saturated carbocycles. The summed E-state index contributed by atoms with van der Waals surface area (Å²) in [6.07, 6.45) is 0. The maximum Gasteiger partial charge on any atom is 0.251 e. The summed E-state index contributed by atoms with van der Waals surface area (Å²) in [6.45, 7) is 0.241. The Hall–Kier alpha value is -2.93. The number of nitrogens with zero attached hydrogens (tertiary/aromatic N) is 1. The molecule has 0 aliphatic carbocycles. The second-order valence-electron chi connectivity index (χ2n) is 5.02. The van der Waals surface area contributed by atoms with Crippen LogP contribution in [0.1, 0.15) is 15.4 Å². The zero-order chi connectivity index (χ0) is 17.1. The number of aromatic hydroxyl groups is 2. The van der Waals surface area contributed by atoms with Crippen molar-refractivity contribution >= 4 is 17.2 Å². The van der Waals surface area contributed by atoms with E-state index in [-0.39, 0.29) is 24.0 Å². The number of thiazole rings is 1. The molecule has 0 bridgehead atoms. The first-order valence-corrected chi connectivity index (χ1v) is 7.91. The van der Waals surface area contributed by atoms with Gasteiger partial charge in [-0.05, 0) is 42.5 Å². The number of amides is 1. The van der Waals surface area contributed by atoms with Gasteiger partial charge in [-0.1, -0.05) is 0 Å². The van der Waals surface area contributed by atoms with Crippen LogP contribution in [0.2, 0.25) is 0 Å². The molecule has 122 valence electrons. The van der Waals surface area contributed by atoms with Crippen LogP contribution in [0, 0.1) is 5.82 Å². The zero-order valence-corrected chi connectivity index (χ0v) is 13.2. The Labute approximate surface area is 141 Å². The van der Waals surface area contributed by atoms with E-state index >= 15 is 0 Å². The Kier molecular flexibility index (Phi) is 4.43.